The highest BCUT2D eigenvalue weighted by Gasteiger charge is 2.33. The van der Waals surface area contributed by atoms with E-state index in [-0.39, 0.29) is 17.7 Å². The van der Waals surface area contributed by atoms with Crippen LogP contribution in [0.3, 0.4) is 0 Å². The molecule has 1 aromatic carbocycles. The van der Waals surface area contributed by atoms with Crippen molar-refractivity contribution in [2.24, 2.45) is 11.8 Å². The molecule has 0 aromatic heterocycles. The molecule has 0 spiro atoms. The predicted molar refractivity (Wildman–Crippen MR) is 74.5 cm³/mol. The minimum Gasteiger partial charge on any atom is -0.481 e. The van der Waals surface area contributed by atoms with E-state index in [1.807, 2.05) is 24.3 Å². The molecule has 0 aliphatic heterocycles. The van der Waals surface area contributed by atoms with E-state index in [9.17, 15) is 9.59 Å². The predicted octanol–water partition coefficient (Wildman–Crippen LogP) is 2.57. The molecule has 19 heavy (non-hydrogen) atoms. The summed E-state index contributed by atoms with van der Waals surface area (Å²) in [5, 5.41) is 11.8. The smallest absolute Gasteiger partial charge is 0.306 e. The number of hydrogen-bond acceptors (Lipinski definition) is 2. The van der Waals surface area contributed by atoms with Crippen molar-refractivity contribution in [1.82, 2.24) is 5.32 Å². The van der Waals surface area contributed by atoms with Gasteiger partial charge in [0.2, 0.25) is 5.91 Å². The maximum atomic E-state index is 11.9. The van der Waals surface area contributed by atoms with Crippen molar-refractivity contribution in [3.8, 4) is 0 Å². The Bertz CT molecular complexity index is 472. The van der Waals surface area contributed by atoms with Crippen molar-refractivity contribution in [3.63, 3.8) is 0 Å². The van der Waals surface area contributed by atoms with Crippen molar-refractivity contribution in [2.75, 3.05) is 0 Å². The zero-order valence-corrected chi connectivity index (χ0v) is 12.0. The Kier molecular flexibility index (Phi) is 4.58. The monoisotopic (exact) mass is 325 g/mol. The third-order valence-electron chi connectivity index (χ3n) is 3.53. The lowest BCUT2D eigenvalue weighted by molar-refractivity contribution is -0.141. The molecule has 2 N–H and O–H groups in total. The van der Waals surface area contributed by atoms with Crippen LogP contribution in [0, 0.1) is 11.8 Å². The summed E-state index contributed by atoms with van der Waals surface area (Å²) in [6.45, 7) is 0.486. The SMILES string of the molecule is O=C(O)C1CCC(C(=O)NCc2ccc(Br)cc2)C1. The van der Waals surface area contributed by atoms with Gasteiger partial charge in [0.05, 0.1) is 5.92 Å². The molecule has 102 valence electrons. The Morgan fingerprint density at radius 3 is 2.42 bits per heavy atom. The molecule has 1 fully saturated rings. The fraction of sp³-hybridized carbons (Fsp3) is 0.429. The van der Waals surface area contributed by atoms with E-state index < -0.39 is 5.97 Å². The first kappa shape index (κ1) is 14.1. The van der Waals surface area contributed by atoms with Crippen LogP contribution in [0.15, 0.2) is 28.7 Å². The summed E-state index contributed by atoms with van der Waals surface area (Å²) in [6, 6.07) is 7.74. The van der Waals surface area contributed by atoms with Crippen LogP contribution < -0.4 is 5.32 Å². The second-order valence-electron chi connectivity index (χ2n) is 4.89. The number of hydrogen-bond donors (Lipinski definition) is 2. The average Bonchev–Trinajstić information content (AvgIpc) is 2.87. The summed E-state index contributed by atoms with van der Waals surface area (Å²) >= 11 is 3.36. The van der Waals surface area contributed by atoms with Crippen LogP contribution in [0.1, 0.15) is 24.8 Å². The molecular formula is C14H16BrNO3. The van der Waals surface area contributed by atoms with Gasteiger partial charge in [-0.3, -0.25) is 9.59 Å². The van der Waals surface area contributed by atoms with Crippen LogP contribution >= 0.6 is 15.9 Å². The summed E-state index contributed by atoms with van der Waals surface area (Å²) in [7, 11) is 0. The number of carboxylic acid groups (broad SMARTS) is 1. The third-order valence-corrected chi connectivity index (χ3v) is 4.06. The maximum absolute atomic E-state index is 11.9. The summed E-state index contributed by atoms with van der Waals surface area (Å²) in [5.41, 5.74) is 1.03. The molecule has 0 heterocycles. The fourth-order valence-corrected chi connectivity index (χ4v) is 2.64. The molecule has 0 saturated heterocycles. The average molecular weight is 326 g/mol. The van der Waals surface area contributed by atoms with E-state index in [1.54, 1.807) is 0 Å². The molecule has 4 nitrogen and oxygen atoms in total. The van der Waals surface area contributed by atoms with Crippen LogP contribution in [0.4, 0.5) is 0 Å². The van der Waals surface area contributed by atoms with E-state index >= 15 is 0 Å². The van der Waals surface area contributed by atoms with Crippen LogP contribution in [0.2, 0.25) is 0 Å². The number of carboxylic acids is 1. The van der Waals surface area contributed by atoms with Gasteiger partial charge in [0.15, 0.2) is 0 Å². The molecule has 1 aliphatic carbocycles. The number of carbonyl (C=O) groups is 2. The Labute approximate surface area is 120 Å². The second-order valence-corrected chi connectivity index (χ2v) is 5.81. The summed E-state index contributed by atoms with van der Waals surface area (Å²) in [6.07, 6.45) is 1.73. The summed E-state index contributed by atoms with van der Waals surface area (Å²) in [4.78, 5) is 22.8. The number of aliphatic carboxylic acids is 1. The minimum absolute atomic E-state index is 0.0355. The first-order chi connectivity index (χ1) is 9.06. The van der Waals surface area contributed by atoms with Gasteiger partial charge in [-0.15, -0.1) is 0 Å². The Balaban J connectivity index is 1.82. The Morgan fingerprint density at radius 1 is 1.21 bits per heavy atom. The van der Waals surface area contributed by atoms with Gasteiger partial charge < -0.3 is 10.4 Å². The standard InChI is InChI=1S/C14H16BrNO3/c15-12-5-1-9(2-6-12)8-16-13(17)10-3-4-11(7-10)14(18)19/h1-2,5-6,10-11H,3-4,7-8H2,(H,16,17)(H,18,19). The van der Waals surface area contributed by atoms with Gasteiger partial charge in [-0.25, -0.2) is 0 Å². The van der Waals surface area contributed by atoms with E-state index in [2.05, 4.69) is 21.2 Å². The molecule has 1 aliphatic rings. The molecule has 1 amide bonds. The highest BCUT2D eigenvalue weighted by atomic mass is 79.9. The van der Waals surface area contributed by atoms with Crippen LogP contribution in [0.5, 0.6) is 0 Å². The lowest BCUT2D eigenvalue weighted by Gasteiger charge is -2.10. The number of amides is 1. The summed E-state index contributed by atoms with van der Waals surface area (Å²) < 4.78 is 1.00. The van der Waals surface area contributed by atoms with Gasteiger partial charge in [-0.2, -0.15) is 0 Å². The first-order valence-corrected chi connectivity index (χ1v) is 7.10. The van der Waals surface area contributed by atoms with Gasteiger partial charge in [-0.1, -0.05) is 28.1 Å². The largest absolute Gasteiger partial charge is 0.481 e. The molecule has 2 unspecified atom stereocenters. The van der Waals surface area contributed by atoms with E-state index in [0.29, 0.717) is 25.8 Å². The molecule has 5 heteroatoms. The van der Waals surface area contributed by atoms with Gasteiger partial charge in [0, 0.05) is 16.9 Å². The molecule has 2 rings (SSSR count). The number of rotatable bonds is 4. The van der Waals surface area contributed by atoms with E-state index in [4.69, 9.17) is 5.11 Å². The number of halogens is 1. The van der Waals surface area contributed by atoms with Gasteiger partial charge in [0.25, 0.3) is 0 Å². The zero-order chi connectivity index (χ0) is 13.8. The lowest BCUT2D eigenvalue weighted by atomic mass is 10.0. The second kappa shape index (κ2) is 6.19. The third kappa shape index (κ3) is 3.80. The molecule has 0 radical (unpaired) electrons. The lowest BCUT2D eigenvalue weighted by Crippen LogP contribution is -2.29. The Morgan fingerprint density at radius 2 is 1.84 bits per heavy atom. The first-order valence-electron chi connectivity index (χ1n) is 6.31. The van der Waals surface area contributed by atoms with Crippen LogP contribution in [0.25, 0.3) is 0 Å². The van der Waals surface area contributed by atoms with Crippen molar-refractivity contribution in [1.29, 1.82) is 0 Å². The normalized spacial score (nSPS) is 22.2. The quantitative estimate of drug-likeness (QED) is 0.894. The van der Waals surface area contributed by atoms with Gasteiger partial charge in [0.1, 0.15) is 0 Å². The maximum Gasteiger partial charge on any atom is 0.306 e. The van der Waals surface area contributed by atoms with Crippen molar-refractivity contribution >= 4 is 27.8 Å². The molecule has 0 bridgehead atoms. The summed E-state index contributed by atoms with van der Waals surface area (Å²) in [5.74, 6) is -1.34. The highest BCUT2D eigenvalue weighted by Crippen LogP contribution is 2.31. The molecule has 2 atom stereocenters. The number of carbonyl (C=O) groups excluding carboxylic acids is 1. The van der Waals surface area contributed by atoms with E-state index in [0.717, 1.165) is 10.0 Å². The molecule has 1 saturated carbocycles. The molecule has 1 aromatic rings. The van der Waals surface area contributed by atoms with Crippen molar-refractivity contribution in [3.05, 3.63) is 34.3 Å². The zero-order valence-electron chi connectivity index (χ0n) is 10.4. The topological polar surface area (TPSA) is 66.4 Å². The number of benzene rings is 1. The fourth-order valence-electron chi connectivity index (χ4n) is 2.38. The van der Waals surface area contributed by atoms with Crippen molar-refractivity contribution in [2.45, 2.75) is 25.8 Å². The highest BCUT2D eigenvalue weighted by molar-refractivity contribution is 9.10. The van der Waals surface area contributed by atoms with Gasteiger partial charge >= 0.3 is 5.97 Å². The number of nitrogens with one attached hydrogen (secondary N) is 1. The van der Waals surface area contributed by atoms with Crippen LogP contribution in [-0.2, 0) is 16.1 Å². The van der Waals surface area contributed by atoms with Gasteiger partial charge in [-0.05, 0) is 37.0 Å². The van der Waals surface area contributed by atoms with Crippen LogP contribution in [-0.4, -0.2) is 17.0 Å². The molecular weight excluding hydrogens is 310 g/mol. The Hall–Kier alpha value is -1.36. The minimum atomic E-state index is -0.789. The van der Waals surface area contributed by atoms with Crippen molar-refractivity contribution < 1.29 is 14.7 Å². The van der Waals surface area contributed by atoms with E-state index in [1.165, 1.54) is 0 Å².